The van der Waals surface area contributed by atoms with Gasteiger partial charge in [-0.15, -0.1) is 0 Å². The molecule has 0 aliphatic rings. The van der Waals surface area contributed by atoms with E-state index >= 15 is 0 Å². The first-order valence-electron chi connectivity index (χ1n) is 1.55. The van der Waals surface area contributed by atoms with E-state index < -0.39 is 4.30 Å². The predicted octanol–water partition coefficient (Wildman–Crippen LogP) is 0.379. The van der Waals surface area contributed by atoms with E-state index in [1.807, 2.05) is 0 Å². The molecule has 0 spiro atoms. The summed E-state index contributed by atoms with van der Waals surface area (Å²) >= 11 is 14.4. The van der Waals surface area contributed by atoms with E-state index in [9.17, 15) is 0 Å². The molecule has 0 amide bonds. The lowest BCUT2D eigenvalue weighted by molar-refractivity contribution is 0.399. The summed E-state index contributed by atoms with van der Waals surface area (Å²) in [5.41, 5.74) is 0. The summed E-state index contributed by atoms with van der Waals surface area (Å²) in [7, 11) is 2.00. The zero-order valence-corrected chi connectivity index (χ0v) is 7.37. The first kappa shape index (κ1) is 22.6. The Bertz CT molecular complexity index is 19.0. The molecular formula is C3H11Cl3O3. The lowest BCUT2D eigenvalue weighted by Crippen LogP contribution is -1.55. The van der Waals surface area contributed by atoms with Gasteiger partial charge in [0.15, 0.2) is 4.30 Å². The largest absolute Gasteiger partial charge is 0.412 e. The van der Waals surface area contributed by atoms with Crippen LogP contribution < -0.4 is 0 Å². The highest BCUT2D eigenvalue weighted by Crippen LogP contribution is 2.03. The molecule has 4 N–H and O–H groups in total. The lowest BCUT2D eigenvalue weighted by atomic mass is 11.8. The minimum atomic E-state index is -0.750. The Hall–Kier alpha value is 0.750. The molecule has 0 fully saturated rings. The van der Waals surface area contributed by atoms with Gasteiger partial charge in [0.1, 0.15) is 0 Å². The van der Waals surface area contributed by atoms with Crippen LogP contribution >= 0.6 is 34.8 Å². The van der Waals surface area contributed by atoms with Crippen molar-refractivity contribution in [1.82, 2.24) is 0 Å². The average molecular weight is 201 g/mol. The van der Waals surface area contributed by atoms with E-state index in [4.69, 9.17) is 45.0 Å². The van der Waals surface area contributed by atoms with E-state index in [1.54, 1.807) is 0 Å². The quantitative estimate of drug-likeness (QED) is 0.556. The maximum atomic E-state index is 7.00. The zero-order valence-electron chi connectivity index (χ0n) is 5.11. The molecule has 0 aromatic rings. The minimum Gasteiger partial charge on any atom is -0.412 e. The Morgan fingerprint density at radius 3 is 0.889 bits per heavy atom. The summed E-state index contributed by atoms with van der Waals surface area (Å²) in [6.07, 6.45) is 0. The van der Waals surface area contributed by atoms with Gasteiger partial charge in [-0.1, -0.05) is 34.8 Å². The van der Waals surface area contributed by atoms with Crippen molar-refractivity contribution >= 4 is 34.8 Å². The van der Waals surface area contributed by atoms with Gasteiger partial charge in [0.25, 0.3) is 0 Å². The summed E-state index contributed by atoms with van der Waals surface area (Å²) in [5.74, 6) is 0. The fourth-order valence-corrected chi connectivity index (χ4v) is 0. The highest BCUT2D eigenvalue weighted by Gasteiger charge is 1.78. The van der Waals surface area contributed by atoms with E-state index in [2.05, 4.69) is 0 Å². The molecule has 0 atom stereocenters. The topological polar surface area (TPSA) is 72.0 Å². The van der Waals surface area contributed by atoms with Crippen LogP contribution in [0.2, 0.25) is 0 Å². The second-order valence-corrected chi connectivity index (χ2v) is 2.23. The van der Waals surface area contributed by atoms with Crippen molar-refractivity contribution in [3.05, 3.63) is 0 Å². The predicted molar refractivity (Wildman–Crippen MR) is 41.2 cm³/mol. The van der Waals surface area contributed by atoms with Gasteiger partial charge >= 0.3 is 0 Å². The van der Waals surface area contributed by atoms with Crippen LogP contribution in [0.1, 0.15) is 0 Å². The SMILES string of the molecule is CO.CO.ClC(Cl)Cl.O. The number of hydrogen-bond donors (Lipinski definition) is 2. The highest BCUT2D eigenvalue weighted by molar-refractivity contribution is 6.63. The summed E-state index contributed by atoms with van der Waals surface area (Å²) in [5, 5.41) is 14.0. The molecule has 0 saturated carbocycles. The maximum Gasteiger partial charge on any atom is 0.180 e. The van der Waals surface area contributed by atoms with Gasteiger partial charge in [0, 0.05) is 14.2 Å². The average Bonchev–Trinajstić information content (AvgIpc) is 1.75. The van der Waals surface area contributed by atoms with Crippen molar-refractivity contribution in [2.24, 2.45) is 0 Å². The number of rotatable bonds is 0. The van der Waals surface area contributed by atoms with Crippen LogP contribution in [0.15, 0.2) is 0 Å². The third-order valence-corrected chi connectivity index (χ3v) is 0. The van der Waals surface area contributed by atoms with Crippen molar-refractivity contribution in [1.29, 1.82) is 0 Å². The molecule has 0 heterocycles. The molecule has 0 rings (SSSR count). The van der Waals surface area contributed by atoms with Crippen molar-refractivity contribution < 1.29 is 15.7 Å². The number of aliphatic hydroxyl groups is 2. The van der Waals surface area contributed by atoms with Crippen LogP contribution in [-0.4, -0.2) is 34.2 Å². The second kappa shape index (κ2) is 37.4. The minimum absolute atomic E-state index is 0. The van der Waals surface area contributed by atoms with E-state index in [1.165, 1.54) is 0 Å². The number of hydrogen-bond acceptors (Lipinski definition) is 2. The standard InChI is InChI=1S/CHCl3.2CH4O.H2O/c2-1(3)4;2*1-2;/h1H;2*2H,1H3;1H2. The van der Waals surface area contributed by atoms with Crippen LogP contribution in [0.4, 0.5) is 0 Å². The van der Waals surface area contributed by atoms with Gasteiger partial charge in [-0.05, 0) is 0 Å². The highest BCUT2D eigenvalue weighted by atomic mass is 35.6. The van der Waals surface area contributed by atoms with Gasteiger partial charge in [0.05, 0.1) is 0 Å². The van der Waals surface area contributed by atoms with Crippen LogP contribution in [0, 0.1) is 0 Å². The lowest BCUT2D eigenvalue weighted by Gasteiger charge is -1.69. The molecule has 0 aromatic heterocycles. The summed E-state index contributed by atoms with van der Waals surface area (Å²) in [6, 6.07) is 0. The van der Waals surface area contributed by atoms with E-state index in [0.717, 1.165) is 14.2 Å². The van der Waals surface area contributed by atoms with E-state index in [0.29, 0.717) is 0 Å². The van der Waals surface area contributed by atoms with E-state index in [-0.39, 0.29) is 5.48 Å². The van der Waals surface area contributed by atoms with Gasteiger partial charge in [-0.25, -0.2) is 0 Å². The Morgan fingerprint density at radius 2 is 0.889 bits per heavy atom. The molecule has 9 heavy (non-hydrogen) atoms. The van der Waals surface area contributed by atoms with Crippen LogP contribution in [-0.2, 0) is 0 Å². The van der Waals surface area contributed by atoms with Crippen LogP contribution in [0.5, 0.6) is 0 Å². The first-order valence-corrected chi connectivity index (χ1v) is 2.86. The number of halogens is 3. The van der Waals surface area contributed by atoms with Crippen molar-refractivity contribution in [3.63, 3.8) is 0 Å². The molecular weight excluding hydrogens is 190 g/mol. The van der Waals surface area contributed by atoms with Crippen molar-refractivity contribution in [3.8, 4) is 0 Å². The Morgan fingerprint density at radius 1 is 0.889 bits per heavy atom. The summed E-state index contributed by atoms with van der Waals surface area (Å²) in [4.78, 5) is 0. The fourth-order valence-electron chi connectivity index (χ4n) is 0. The normalized spacial score (nSPS) is 5.33. The molecule has 0 saturated heterocycles. The third kappa shape index (κ3) is 709. The fraction of sp³-hybridized carbons (Fsp3) is 1.00. The van der Waals surface area contributed by atoms with Crippen LogP contribution in [0.3, 0.4) is 0 Å². The first-order chi connectivity index (χ1) is 3.73. The monoisotopic (exact) mass is 200 g/mol. The van der Waals surface area contributed by atoms with Crippen LogP contribution in [0.25, 0.3) is 0 Å². The molecule has 62 valence electrons. The van der Waals surface area contributed by atoms with Gasteiger partial charge in [-0.3, -0.25) is 0 Å². The Kier molecular flexibility index (Phi) is 93.8. The molecule has 3 nitrogen and oxygen atoms in total. The molecule has 6 heteroatoms. The zero-order chi connectivity index (χ0) is 7.58. The van der Waals surface area contributed by atoms with Crippen molar-refractivity contribution in [2.75, 3.05) is 14.2 Å². The van der Waals surface area contributed by atoms with Gasteiger partial charge < -0.3 is 15.7 Å². The molecule has 0 unspecified atom stereocenters. The molecule has 0 aliphatic carbocycles. The second-order valence-electron chi connectivity index (χ2n) is 0.247. The molecule has 0 aliphatic heterocycles. The third-order valence-electron chi connectivity index (χ3n) is 0. The number of aliphatic hydroxyl groups excluding tert-OH is 2. The Labute approximate surface area is 69.5 Å². The molecule has 0 radical (unpaired) electrons. The molecule has 0 bridgehead atoms. The van der Waals surface area contributed by atoms with Gasteiger partial charge in [0.2, 0.25) is 0 Å². The van der Waals surface area contributed by atoms with Gasteiger partial charge in [-0.2, -0.15) is 0 Å². The molecule has 0 aromatic carbocycles. The van der Waals surface area contributed by atoms with Crippen molar-refractivity contribution in [2.45, 2.75) is 4.30 Å². The summed E-state index contributed by atoms with van der Waals surface area (Å²) in [6.45, 7) is 0. The smallest absolute Gasteiger partial charge is 0.180 e. The summed E-state index contributed by atoms with van der Waals surface area (Å²) < 4.78 is -0.750. The maximum absolute atomic E-state index is 7.00. The Balaban J connectivity index is -0.0000000221. The number of alkyl halides is 3.